The zero-order chi connectivity index (χ0) is 16.1. The van der Waals surface area contributed by atoms with Crippen LogP contribution in [0.3, 0.4) is 0 Å². The maximum atomic E-state index is 12.5. The van der Waals surface area contributed by atoms with Crippen LogP contribution in [0.2, 0.25) is 0 Å². The average Bonchev–Trinajstić information content (AvgIpc) is 3.11. The van der Waals surface area contributed by atoms with Crippen LogP contribution >= 0.6 is 0 Å². The summed E-state index contributed by atoms with van der Waals surface area (Å²) < 4.78 is 39.9. The Morgan fingerprint density at radius 3 is 2.52 bits per heavy atom. The highest BCUT2D eigenvalue weighted by molar-refractivity contribution is 7.87. The maximum absolute atomic E-state index is 12.5. The van der Waals surface area contributed by atoms with Crippen molar-refractivity contribution in [2.45, 2.75) is 25.3 Å². The number of ether oxygens (including phenoxy) is 1. The van der Waals surface area contributed by atoms with Gasteiger partial charge in [0.15, 0.2) is 0 Å². The molecule has 2 aliphatic rings. The van der Waals surface area contributed by atoms with Gasteiger partial charge in [0.2, 0.25) is 0 Å². The van der Waals surface area contributed by atoms with Crippen molar-refractivity contribution in [2.75, 3.05) is 45.9 Å². The molecule has 1 aromatic rings. The third-order valence-electron chi connectivity index (χ3n) is 4.47. The van der Waals surface area contributed by atoms with E-state index in [1.165, 1.54) is 10.7 Å². The van der Waals surface area contributed by atoms with Crippen LogP contribution in [-0.2, 0) is 14.9 Å². The lowest BCUT2D eigenvalue weighted by molar-refractivity contribution is 0.0721. The van der Waals surface area contributed by atoms with Gasteiger partial charge >= 0.3 is 0 Å². The average molecular weight is 343 g/mol. The lowest BCUT2D eigenvalue weighted by atomic mass is 10.1. The molecule has 3 rings (SSSR count). The standard InChI is InChI=1S/C15H25N3O4S/c19-23(20,18-8-11-21-12-9-18)16-13-14(15-5-4-10-22-15)17-6-2-1-3-7-17/h4-5,10,14,16H,1-3,6-9,11-13H2/t14-/m0/s1. The van der Waals surface area contributed by atoms with Crippen molar-refractivity contribution in [2.24, 2.45) is 0 Å². The lowest BCUT2D eigenvalue weighted by Gasteiger charge is -2.34. The molecule has 23 heavy (non-hydrogen) atoms. The van der Waals surface area contributed by atoms with E-state index in [4.69, 9.17) is 9.15 Å². The van der Waals surface area contributed by atoms with Crippen molar-refractivity contribution in [3.8, 4) is 0 Å². The fraction of sp³-hybridized carbons (Fsp3) is 0.733. The molecule has 130 valence electrons. The van der Waals surface area contributed by atoms with Gasteiger partial charge in [0, 0.05) is 19.6 Å². The molecule has 0 radical (unpaired) electrons. The van der Waals surface area contributed by atoms with Crippen LogP contribution in [0.15, 0.2) is 22.8 Å². The molecule has 1 N–H and O–H groups in total. The molecule has 0 aliphatic carbocycles. The highest BCUT2D eigenvalue weighted by atomic mass is 32.2. The van der Waals surface area contributed by atoms with Gasteiger partial charge in [0.05, 0.1) is 25.5 Å². The van der Waals surface area contributed by atoms with E-state index in [-0.39, 0.29) is 6.04 Å². The summed E-state index contributed by atoms with van der Waals surface area (Å²) in [5.41, 5.74) is 0. The first-order valence-corrected chi connectivity index (χ1v) is 9.71. The molecule has 1 aromatic heterocycles. The monoisotopic (exact) mass is 343 g/mol. The van der Waals surface area contributed by atoms with Crippen LogP contribution in [0.5, 0.6) is 0 Å². The van der Waals surface area contributed by atoms with Crippen LogP contribution in [0.25, 0.3) is 0 Å². The topological polar surface area (TPSA) is 75.0 Å². The second kappa shape index (κ2) is 7.76. The van der Waals surface area contributed by atoms with E-state index < -0.39 is 10.2 Å². The summed E-state index contributed by atoms with van der Waals surface area (Å²) in [7, 11) is -3.47. The van der Waals surface area contributed by atoms with Gasteiger partial charge < -0.3 is 9.15 Å². The summed E-state index contributed by atoms with van der Waals surface area (Å²) in [4.78, 5) is 2.31. The predicted octanol–water partition coefficient (Wildman–Crippen LogP) is 0.973. The van der Waals surface area contributed by atoms with Crippen LogP contribution < -0.4 is 4.72 Å². The normalized spacial score (nSPS) is 23.0. The quantitative estimate of drug-likeness (QED) is 0.833. The molecule has 0 spiro atoms. The van der Waals surface area contributed by atoms with Crippen molar-refractivity contribution in [1.29, 1.82) is 0 Å². The highest BCUT2D eigenvalue weighted by Gasteiger charge is 2.29. The Morgan fingerprint density at radius 2 is 1.87 bits per heavy atom. The fourth-order valence-corrected chi connectivity index (χ4v) is 4.36. The van der Waals surface area contributed by atoms with Gasteiger partial charge in [0.25, 0.3) is 10.2 Å². The molecule has 2 fully saturated rings. The third-order valence-corrected chi connectivity index (χ3v) is 6.05. The lowest BCUT2D eigenvalue weighted by Crippen LogP contribution is -2.49. The van der Waals surface area contributed by atoms with Gasteiger partial charge in [0.1, 0.15) is 5.76 Å². The number of morpholine rings is 1. The zero-order valence-corrected chi connectivity index (χ0v) is 14.1. The maximum Gasteiger partial charge on any atom is 0.279 e. The molecule has 2 aliphatic heterocycles. The number of piperidine rings is 1. The molecule has 0 aromatic carbocycles. The molecule has 3 heterocycles. The number of nitrogens with zero attached hydrogens (tertiary/aromatic N) is 2. The smallest absolute Gasteiger partial charge is 0.279 e. The minimum Gasteiger partial charge on any atom is -0.468 e. The van der Waals surface area contributed by atoms with Gasteiger partial charge in [-0.15, -0.1) is 0 Å². The molecule has 2 saturated heterocycles. The largest absolute Gasteiger partial charge is 0.468 e. The number of hydrogen-bond acceptors (Lipinski definition) is 5. The molecule has 1 atom stereocenters. The molecule has 0 amide bonds. The van der Waals surface area contributed by atoms with E-state index >= 15 is 0 Å². The number of likely N-dealkylation sites (tertiary alicyclic amines) is 1. The van der Waals surface area contributed by atoms with Crippen molar-refractivity contribution >= 4 is 10.2 Å². The Hall–Kier alpha value is -0.930. The van der Waals surface area contributed by atoms with Crippen molar-refractivity contribution in [3.63, 3.8) is 0 Å². The molecular weight excluding hydrogens is 318 g/mol. The molecule has 0 unspecified atom stereocenters. The van der Waals surface area contributed by atoms with Gasteiger partial charge in [-0.05, 0) is 38.1 Å². The molecule has 0 bridgehead atoms. The van der Waals surface area contributed by atoms with Crippen LogP contribution in [0, 0.1) is 0 Å². The van der Waals surface area contributed by atoms with Crippen LogP contribution in [0.4, 0.5) is 0 Å². The van der Waals surface area contributed by atoms with Gasteiger partial charge in [-0.1, -0.05) is 6.42 Å². The Bertz CT molecular complexity index is 564. The second-order valence-corrected chi connectivity index (χ2v) is 7.75. The van der Waals surface area contributed by atoms with E-state index in [2.05, 4.69) is 9.62 Å². The second-order valence-electron chi connectivity index (χ2n) is 5.99. The first-order valence-electron chi connectivity index (χ1n) is 8.27. The summed E-state index contributed by atoms with van der Waals surface area (Å²) >= 11 is 0. The zero-order valence-electron chi connectivity index (χ0n) is 13.3. The van der Waals surface area contributed by atoms with E-state index in [0.29, 0.717) is 32.8 Å². The van der Waals surface area contributed by atoms with Crippen molar-refractivity contribution in [1.82, 2.24) is 13.9 Å². The van der Waals surface area contributed by atoms with E-state index in [1.54, 1.807) is 6.26 Å². The Morgan fingerprint density at radius 1 is 1.13 bits per heavy atom. The molecular formula is C15H25N3O4S. The fourth-order valence-electron chi connectivity index (χ4n) is 3.18. The third kappa shape index (κ3) is 4.33. The highest BCUT2D eigenvalue weighted by Crippen LogP contribution is 2.24. The van der Waals surface area contributed by atoms with Crippen LogP contribution in [-0.4, -0.2) is 63.6 Å². The molecule has 7 nitrogen and oxygen atoms in total. The van der Waals surface area contributed by atoms with E-state index in [0.717, 1.165) is 31.7 Å². The first kappa shape index (κ1) is 16.9. The predicted molar refractivity (Wildman–Crippen MR) is 86.2 cm³/mol. The molecule has 0 saturated carbocycles. The number of rotatable bonds is 6. The number of hydrogen-bond donors (Lipinski definition) is 1. The summed E-state index contributed by atoms with van der Waals surface area (Å²) in [6, 6.07) is 3.71. The van der Waals surface area contributed by atoms with Crippen molar-refractivity contribution < 1.29 is 17.6 Å². The number of furan rings is 1. The van der Waals surface area contributed by atoms with E-state index in [1.807, 2.05) is 12.1 Å². The Labute approximate surface area is 137 Å². The summed E-state index contributed by atoms with van der Waals surface area (Å²) in [6.45, 7) is 4.00. The minimum absolute atomic E-state index is 0.0545. The molecule has 8 heteroatoms. The first-order chi connectivity index (χ1) is 11.2. The Balaban J connectivity index is 1.66. The van der Waals surface area contributed by atoms with E-state index in [9.17, 15) is 8.42 Å². The summed E-state index contributed by atoms with van der Waals surface area (Å²) in [5.74, 6) is 0.816. The van der Waals surface area contributed by atoms with Gasteiger partial charge in [-0.3, -0.25) is 4.90 Å². The minimum atomic E-state index is -3.47. The summed E-state index contributed by atoms with van der Waals surface area (Å²) in [6.07, 6.45) is 5.17. The summed E-state index contributed by atoms with van der Waals surface area (Å²) in [5, 5.41) is 0. The van der Waals surface area contributed by atoms with Crippen molar-refractivity contribution in [3.05, 3.63) is 24.2 Å². The van der Waals surface area contributed by atoms with Gasteiger partial charge in [-0.25, -0.2) is 4.72 Å². The Kier molecular flexibility index (Phi) is 5.71. The van der Waals surface area contributed by atoms with Gasteiger partial charge in [-0.2, -0.15) is 12.7 Å². The SMILES string of the molecule is O=S(=O)(NC[C@@H](c1ccco1)N1CCCCC1)N1CCOCC1. The van der Waals surface area contributed by atoms with Crippen LogP contribution in [0.1, 0.15) is 31.1 Å². The number of nitrogens with one attached hydrogen (secondary N) is 1.